The summed E-state index contributed by atoms with van der Waals surface area (Å²) >= 11 is 4.54. The van der Waals surface area contributed by atoms with Crippen LogP contribution in [0.4, 0.5) is 0 Å². The summed E-state index contributed by atoms with van der Waals surface area (Å²) in [5, 5.41) is 10.1. The smallest absolute Gasteiger partial charge is 0.0695 e. The topological polar surface area (TPSA) is 20.2 Å². The van der Waals surface area contributed by atoms with Crippen molar-refractivity contribution in [1.29, 1.82) is 0 Å². The number of aliphatic hydroxyl groups excluding tert-OH is 1. The summed E-state index contributed by atoms with van der Waals surface area (Å²) in [5.74, 6) is 0.477. The first-order valence-corrected chi connectivity index (χ1v) is 5.29. The van der Waals surface area contributed by atoms with Gasteiger partial charge in [-0.1, -0.05) is 20.8 Å². The number of rotatable bonds is 0. The second-order valence-electron chi connectivity index (χ2n) is 5.22. The highest BCUT2D eigenvalue weighted by Gasteiger charge is 2.64. The summed E-state index contributed by atoms with van der Waals surface area (Å²) in [6.45, 7) is 6.84. The summed E-state index contributed by atoms with van der Waals surface area (Å²) in [5.41, 5.74) is 0.527. The molecule has 2 fully saturated rings. The van der Waals surface area contributed by atoms with Crippen molar-refractivity contribution in [1.82, 2.24) is 0 Å². The van der Waals surface area contributed by atoms with Gasteiger partial charge in [-0.2, -0.15) is 12.6 Å². The minimum atomic E-state index is -0.179. The van der Waals surface area contributed by atoms with Crippen LogP contribution in [0.5, 0.6) is 0 Å². The molecule has 0 aromatic heterocycles. The van der Waals surface area contributed by atoms with E-state index in [1.807, 2.05) is 0 Å². The zero-order chi connectivity index (χ0) is 9.15. The Morgan fingerprint density at radius 3 is 2.17 bits per heavy atom. The molecule has 0 aromatic carbocycles. The first-order valence-electron chi connectivity index (χ1n) is 4.77. The molecule has 2 heteroatoms. The number of hydrogen-bond donors (Lipinski definition) is 2. The van der Waals surface area contributed by atoms with E-state index in [4.69, 9.17) is 0 Å². The molecule has 2 rings (SSSR count). The van der Waals surface area contributed by atoms with E-state index in [1.54, 1.807) is 0 Å². The minimum absolute atomic E-state index is 0.179. The van der Waals surface area contributed by atoms with Gasteiger partial charge in [-0.3, -0.25) is 0 Å². The molecule has 1 N–H and O–H groups in total. The van der Waals surface area contributed by atoms with E-state index in [9.17, 15) is 5.11 Å². The van der Waals surface area contributed by atoms with Gasteiger partial charge < -0.3 is 5.11 Å². The minimum Gasteiger partial charge on any atom is -0.392 e. The van der Waals surface area contributed by atoms with Crippen LogP contribution in [0.3, 0.4) is 0 Å². The standard InChI is InChI=1S/C10H18OS/c1-9(2)6-4-5-10(9,3)8(12)7(6)11/h6-8,11-12H,4-5H2,1-3H3/t6-,7+,8+,10?/m0/s1. The molecule has 70 valence electrons. The van der Waals surface area contributed by atoms with Gasteiger partial charge in [0, 0.05) is 5.25 Å². The second kappa shape index (κ2) is 2.21. The second-order valence-corrected chi connectivity index (χ2v) is 5.78. The molecule has 2 aliphatic rings. The Hall–Kier alpha value is 0.310. The fraction of sp³-hybridized carbons (Fsp3) is 1.00. The van der Waals surface area contributed by atoms with Crippen molar-refractivity contribution in [2.24, 2.45) is 16.7 Å². The maximum Gasteiger partial charge on any atom is 0.0695 e. The molecule has 0 aromatic rings. The Kier molecular flexibility index (Phi) is 1.64. The van der Waals surface area contributed by atoms with Gasteiger partial charge in [0.2, 0.25) is 0 Å². The van der Waals surface area contributed by atoms with E-state index in [0.717, 1.165) is 0 Å². The first kappa shape index (κ1) is 8.89. The summed E-state index contributed by atoms with van der Waals surface area (Å²) in [4.78, 5) is 0. The molecule has 2 aliphatic carbocycles. The Morgan fingerprint density at radius 2 is 1.92 bits per heavy atom. The Morgan fingerprint density at radius 1 is 1.33 bits per heavy atom. The highest BCUT2D eigenvalue weighted by Crippen LogP contribution is 2.66. The van der Waals surface area contributed by atoms with Crippen LogP contribution in [0.2, 0.25) is 0 Å². The van der Waals surface area contributed by atoms with Crippen LogP contribution >= 0.6 is 12.6 Å². The molecule has 2 saturated carbocycles. The van der Waals surface area contributed by atoms with Crippen molar-refractivity contribution >= 4 is 12.6 Å². The lowest BCUT2D eigenvalue weighted by Crippen LogP contribution is -2.35. The number of fused-ring (bicyclic) bond motifs is 2. The number of hydrogen-bond acceptors (Lipinski definition) is 2. The molecule has 1 unspecified atom stereocenters. The van der Waals surface area contributed by atoms with Crippen molar-refractivity contribution < 1.29 is 5.11 Å². The molecule has 0 amide bonds. The zero-order valence-corrected chi connectivity index (χ0v) is 8.94. The molecular weight excluding hydrogens is 168 g/mol. The monoisotopic (exact) mass is 186 g/mol. The predicted molar refractivity (Wildman–Crippen MR) is 53.4 cm³/mol. The summed E-state index contributed by atoms with van der Waals surface area (Å²) in [6.07, 6.45) is 2.24. The van der Waals surface area contributed by atoms with E-state index in [-0.39, 0.29) is 22.2 Å². The molecule has 2 bridgehead atoms. The molecule has 4 atom stereocenters. The van der Waals surface area contributed by atoms with Gasteiger partial charge >= 0.3 is 0 Å². The van der Waals surface area contributed by atoms with Gasteiger partial charge in [0.05, 0.1) is 6.10 Å². The Balaban J connectivity index is 2.44. The third-order valence-electron chi connectivity index (χ3n) is 4.76. The Bertz CT molecular complexity index is 214. The lowest BCUT2D eigenvalue weighted by molar-refractivity contribution is 0.0986. The Labute approximate surface area is 80.0 Å². The third-order valence-corrected chi connectivity index (χ3v) is 5.64. The molecule has 0 saturated heterocycles. The van der Waals surface area contributed by atoms with Crippen LogP contribution < -0.4 is 0 Å². The van der Waals surface area contributed by atoms with E-state index >= 15 is 0 Å². The molecule has 0 radical (unpaired) electrons. The normalized spacial score (nSPS) is 56.2. The largest absolute Gasteiger partial charge is 0.392 e. The average Bonchev–Trinajstić information content (AvgIpc) is 2.26. The van der Waals surface area contributed by atoms with Crippen molar-refractivity contribution in [3.8, 4) is 0 Å². The van der Waals surface area contributed by atoms with E-state index < -0.39 is 0 Å². The van der Waals surface area contributed by atoms with Gasteiger partial charge in [0.15, 0.2) is 0 Å². The van der Waals surface area contributed by atoms with Crippen molar-refractivity contribution in [2.45, 2.75) is 45.0 Å². The van der Waals surface area contributed by atoms with Crippen LogP contribution in [-0.2, 0) is 0 Å². The first-order chi connectivity index (χ1) is 5.41. The SMILES string of the molecule is CC1(C)[C@H]2CCC1(C)[C@H](S)[C@@H]2O. The molecule has 0 aliphatic heterocycles. The van der Waals surface area contributed by atoms with Crippen LogP contribution in [0, 0.1) is 16.7 Å². The van der Waals surface area contributed by atoms with Crippen LogP contribution in [0.25, 0.3) is 0 Å². The zero-order valence-electron chi connectivity index (χ0n) is 8.04. The maximum absolute atomic E-state index is 9.91. The molecule has 0 heterocycles. The quantitative estimate of drug-likeness (QED) is 0.555. The van der Waals surface area contributed by atoms with Crippen LogP contribution in [0.1, 0.15) is 33.6 Å². The van der Waals surface area contributed by atoms with Gasteiger partial charge in [0.25, 0.3) is 0 Å². The summed E-state index contributed by atoms with van der Waals surface area (Å²) in [6, 6.07) is 0. The van der Waals surface area contributed by atoms with Crippen molar-refractivity contribution in [3.05, 3.63) is 0 Å². The highest BCUT2D eigenvalue weighted by atomic mass is 32.1. The van der Waals surface area contributed by atoms with Gasteiger partial charge in [-0.25, -0.2) is 0 Å². The molecule has 12 heavy (non-hydrogen) atoms. The van der Waals surface area contributed by atoms with E-state index in [0.29, 0.717) is 5.92 Å². The van der Waals surface area contributed by atoms with E-state index in [2.05, 4.69) is 33.4 Å². The predicted octanol–water partition coefficient (Wildman–Crippen LogP) is 2.10. The fourth-order valence-corrected chi connectivity index (χ4v) is 3.96. The van der Waals surface area contributed by atoms with E-state index in [1.165, 1.54) is 12.8 Å². The number of aliphatic hydroxyl groups is 1. The highest BCUT2D eigenvalue weighted by molar-refractivity contribution is 7.81. The average molecular weight is 186 g/mol. The molecule has 0 spiro atoms. The van der Waals surface area contributed by atoms with Crippen LogP contribution in [0.15, 0.2) is 0 Å². The molecular formula is C10H18OS. The summed E-state index contributed by atoms with van der Waals surface area (Å²) < 4.78 is 0. The molecule has 1 nitrogen and oxygen atoms in total. The number of thiol groups is 1. The van der Waals surface area contributed by atoms with Crippen LogP contribution in [-0.4, -0.2) is 16.5 Å². The van der Waals surface area contributed by atoms with Crippen molar-refractivity contribution in [2.75, 3.05) is 0 Å². The van der Waals surface area contributed by atoms with Gasteiger partial charge in [-0.05, 0) is 29.6 Å². The van der Waals surface area contributed by atoms with Gasteiger partial charge in [0.1, 0.15) is 0 Å². The summed E-state index contributed by atoms with van der Waals surface area (Å²) in [7, 11) is 0. The van der Waals surface area contributed by atoms with Crippen molar-refractivity contribution in [3.63, 3.8) is 0 Å². The van der Waals surface area contributed by atoms with Gasteiger partial charge in [-0.15, -0.1) is 0 Å². The lowest BCUT2D eigenvalue weighted by atomic mass is 9.71. The lowest BCUT2D eigenvalue weighted by Gasteiger charge is -2.37. The third kappa shape index (κ3) is 0.717. The maximum atomic E-state index is 9.91. The fourth-order valence-electron chi connectivity index (χ4n) is 3.29.